The molecule has 2 atom stereocenters. The van der Waals surface area contributed by atoms with Gasteiger partial charge in [0.05, 0.1) is 15.9 Å². The number of nitrogens with two attached hydrogens (primary N) is 1. The molecule has 21 heavy (non-hydrogen) atoms. The maximum absolute atomic E-state index is 6.02. The van der Waals surface area contributed by atoms with Crippen LogP contribution in [-0.4, -0.2) is 33.8 Å². The molecule has 2 N–H and O–H groups in total. The highest BCUT2D eigenvalue weighted by atomic mass is 79.9. The molecule has 0 saturated heterocycles. The normalized spacial score (nSPS) is 23.0. The molecular weight excluding hydrogens is 328 g/mol. The zero-order valence-corrected chi connectivity index (χ0v) is 15.2. The van der Waals surface area contributed by atoms with Crippen LogP contribution in [-0.2, 0) is 13.1 Å². The van der Waals surface area contributed by atoms with Crippen LogP contribution in [0.1, 0.15) is 50.9 Å². The molecule has 0 amide bonds. The first-order valence-corrected chi connectivity index (χ1v) is 9.07. The van der Waals surface area contributed by atoms with Crippen molar-refractivity contribution in [2.24, 2.45) is 11.7 Å². The number of nitrogens with zero attached hydrogens (tertiary/aromatic N) is 3. The van der Waals surface area contributed by atoms with Gasteiger partial charge in [-0.05, 0) is 61.6 Å². The Morgan fingerprint density at radius 3 is 2.67 bits per heavy atom. The average molecular weight is 357 g/mol. The summed E-state index contributed by atoms with van der Waals surface area (Å²) >= 11 is 3.72. The van der Waals surface area contributed by atoms with Crippen molar-refractivity contribution in [3.63, 3.8) is 0 Å². The molecule has 1 aliphatic carbocycles. The predicted molar refractivity (Wildman–Crippen MR) is 91.2 cm³/mol. The van der Waals surface area contributed by atoms with Crippen molar-refractivity contribution in [2.75, 3.05) is 13.1 Å². The molecule has 1 aromatic heterocycles. The van der Waals surface area contributed by atoms with Gasteiger partial charge in [-0.15, -0.1) is 0 Å². The van der Waals surface area contributed by atoms with E-state index < -0.39 is 0 Å². The summed E-state index contributed by atoms with van der Waals surface area (Å²) in [5.41, 5.74) is 8.41. The Hall–Kier alpha value is -0.390. The van der Waals surface area contributed by atoms with Gasteiger partial charge in [-0.1, -0.05) is 19.8 Å². The van der Waals surface area contributed by atoms with Gasteiger partial charge in [-0.2, -0.15) is 5.10 Å². The Labute approximate surface area is 137 Å². The molecule has 5 heteroatoms. The zero-order valence-electron chi connectivity index (χ0n) is 13.6. The minimum absolute atomic E-state index is 0.626. The van der Waals surface area contributed by atoms with E-state index in [0.29, 0.717) is 12.0 Å². The molecule has 0 spiro atoms. The van der Waals surface area contributed by atoms with Gasteiger partial charge in [0.1, 0.15) is 0 Å². The summed E-state index contributed by atoms with van der Waals surface area (Å²) in [7, 11) is 0. The molecule has 1 aliphatic rings. The van der Waals surface area contributed by atoms with Crippen LogP contribution in [0.25, 0.3) is 0 Å². The van der Waals surface area contributed by atoms with Gasteiger partial charge in [0.2, 0.25) is 0 Å². The van der Waals surface area contributed by atoms with Crippen LogP contribution in [0.3, 0.4) is 0 Å². The quantitative estimate of drug-likeness (QED) is 0.850. The van der Waals surface area contributed by atoms with Crippen molar-refractivity contribution in [2.45, 2.75) is 65.6 Å². The summed E-state index contributed by atoms with van der Waals surface area (Å²) in [6.07, 6.45) is 5.24. The lowest BCUT2D eigenvalue weighted by Crippen LogP contribution is -2.45. The third kappa shape index (κ3) is 3.69. The summed E-state index contributed by atoms with van der Waals surface area (Å²) in [5.74, 6) is 0.650. The summed E-state index contributed by atoms with van der Waals surface area (Å²) in [6, 6.07) is 0.626. The van der Waals surface area contributed by atoms with Crippen LogP contribution in [0, 0.1) is 12.8 Å². The van der Waals surface area contributed by atoms with Crippen molar-refractivity contribution in [1.29, 1.82) is 0 Å². The number of aromatic nitrogens is 2. The van der Waals surface area contributed by atoms with Crippen LogP contribution in [0.5, 0.6) is 0 Å². The summed E-state index contributed by atoms with van der Waals surface area (Å²) in [5, 5.41) is 4.62. The van der Waals surface area contributed by atoms with E-state index in [1.165, 1.54) is 35.8 Å². The second kappa shape index (κ2) is 7.75. The van der Waals surface area contributed by atoms with Gasteiger partial charge in [0, 0.05) is 19.1 Å². The molecular formula is C16H29BrN4. The standard InChI is InChI=1S/C16H29BrN4/c1-4-20(14-9-7-6-8-13(14)10-18)11-15-16(17)12(3)19-21(15)5-2/h13-14H,4-11,18H2,1-3H3. The molecule has 4 nitrogen and oxygen atoms in total. The van der Waals surface area contributed by atoms with Gasteiger partial charge in [0.25, 0.3) is 0 Å². The molecule has 1 saturated carbocycles. The van der Waals surface area contributed by atoms with E-state index in [2.05, 4.69) is 51.4 Å². The van der Waals surface area contributed by atoms with Crippen molar-refractivity contribution in [3.05, 3.63) is 15.9 Å². The Balaban J connectivity index is 2.18. The highest BCUT2D eigenvalue weighted by molar-refractivity contribution is 9.10. The Kier molecular flexibility index (Phi) is 6.26. The molecule has 2 unspecified atom stereocenters. The van der Waals surface area contributed by atoms with Crippen LogP contribution in [0.4, 0.5) is 0 Å². The largest absolute Gasteiger partial charge is 0.330 e. The first-order chi connectivity index (χ1) is 10.1. The third-order valence-electron chi connectivity index (χ3n) is 4.85. The number of hydrogen-bond acceptors (Lipinski definition) is 3. The fraction of sp³-hybridized carbons (Fsp3) is 0.812. The summed E-state index contributed by atoms with van der Waals surface area (Å²) in [6.45, 7) is 10.3. The number of rotatable bonds is 6. The lowest BCUT2D eigenvalue weighted by atomic mass is 9.83. The van der Waals surface area contributed by atoms with Crippen LogP contribution in [0.15, 0.2) is 4.47 Å². The van der Waals surface area contributed by atoms with Gasteiger partial charge < -0.3 is 5.73 Å². The maximum Gasteiger partial charge on any atom is 0.0739 e. The Morgan fingerprint density at radius 2 is 2.05 bits per heavy atom. The van der Waals surface area contributed by atoms with E-state index in [0.717, 1.165) is 31.9 Å². The van der Waals surface area contributed by atoms with E-state index in [9.17, 15) is 0 Å². The van der Waals surface area contributed by atoms with Crippen molar-refractivity contribution in [3.8, 4) is 0 Å². The molecule has 120 valence electrons. The highest BCUT2D eigenvalue weighted by Crippen LogP contribution is 2.30. The lowest BCUT2D eigenvalue weighted by Gasteiger charge is -2.39. The van der Waals surface area contributed by atoms with Gasteiger partial charge >= 0.3 is 0 Å². The molecule has 0 aliphatic heterocycles. The van der Waals surface area contributed by atoms with E-state index in [1.54, 1.807) is 0 Å². The topological polar surface area (TPSA) is 47.1 Å². The lowest BCUT2D eigenvalue weighted by molar-refractivity contribution is 0.102. The maximum atomic E-state index is 6.02. The molecule has 0 bridgehead atoms. The van der Waals surface area contributed by atoms with Crippen molar-refractivity contribution in [1.82, 2.24) is 14.7 Å². The van der Waals surface area contributed by atoms with E-state index in [1.807, 2.05) is 0 Å². The van der Waals surface area contributed by atoms with Crippen molar-refractivity contribution >= 4 is 15.9 Å². The fourth-order valence-electron chi connectivity index (χ4n) is 3.62. The Bertz CT molecular complexity index is 457. The van der Waals surface area contributed by atoms with Gasteiger partial charge in [-0.3, -0.25) is 9.58 Å². The minimum Gasteiger partial charge on any atom is -0.330 e. The summed E-state index contributed by atoms with van der Waals surface area (Å²) in [4.78, 5) is 2.60. The number of aryl methyl sites for hydroxylation is 2. The Morgan fingerprint density at radius 1 is 1.33 bits per heavy atom. The molecule has 1 aromatic rings. The minimum atomic E-state index is 0.626. The molecule has 0 radical (unpaired) electrons. The first kappa shape index (κ1) is 17.0. The first-order valence-electron chi connectivity index (χ1n) is 8.28. The summed E-state index contributed by atoms with van der Waals surface area (Å²) < 4.78 is 3.30. The van der Waals surface area contributed by atoms with Crippen LogP contribution in [0.2, 0.25) is 0 Å². The zero-order chi connectivity index (χ0) is 15.4. The molecule has 0 aromatic carbocycles. The van der Waals surface area contributed by atoms with E-state index >= 15 is 0 Å². The third-order valence-corrected chi connectivity index (χ3v) is 5.88. The molecule has 2 rings (SSSR count). The highest BCUT2D eigenvalue weighted by Gasteiger charge is 2.29. The number of halogens is 1. The van der Waals surface area contributed by atoms with Crippen LogP contribution >= 0.6 is 15.9 Å². The van der Waals surface area contributed by atoms with Gasteiger partial charge in [-0.25, -0.2) is 0 Å². The molecule has 1 heterocycles. The molecule has 1 fully saturated rings. The predicted octanol–water partition coefficient (Wildman–Crippen LogP) is 3.31. The van der Waals surface area contributed by atoms with E-state index in [4.69, 9.17) is 5.73 Å². The fourth-order valence-corrected chi connectivity index (χ4v) is 4.03. The van der Waals surface area contributed by atoms with Crippen LogP contribution < -0.4 is 5.73 Å². The monoisotopic (exact) mass is 356 g/mol. The van der Waals surface area contributed by atoms with Crippen molar-refractivity contribution < 1.29 is 0 Å². The van der Waals surface area contributed by atoms with Gasteiger partial charge in [0.15, 0.2) is 0 Å². The average Bonchev–Trinajstić information content (AvgIpc) is 2.79. The SMILES string of the molecule is CCN(Cc1c(Br)c(C)nn1CC)C1CCCCC1CN. The second-order valence-electron chi connectivity index (χ2n) is 6.07. The smallest absolute Gasteiger partial charge is 0.0739 e. The second-order valence-corrected chi connectivity index (χ2v) is 6.87. The van der Waals surface area contributed by atoms with E-state index in [-0.39, 0.29) is 0 Å². The number of hydrogen-bond donors (Lipinski definition) is 1.